The first-order valence-corrected chi connectivity index (χ1v) is 43.0. The minimum Gasteiger partial charge on any atom is -0.394 e. The Hall–Kier alpha value is -2.51. The van der Waals surface area contributed by atoms with Crippen LogP contribution in [0.1, 0.15) is 348 Å². The van der Waals surface area contributed by atoms with Gasteiger partial charge in [-0.05, 0) is 57.8 Å². The molecule has 3 aliphatic rings. The van der Waals surface area contributed by atoms with Crippen LogP contribution in [0.3, 0.4) is 0 Å². The number of unbranched alkanes of at least 4 members (excludes halogenated alkanes) is 45. The van der Waals surface area contributed by atoms with Gasteiger partial charge in [0.2, 0.25) is 5.91 Å². The average Bonchev–Trinajstić information content (AvgIpc) is 0.781. The van der Waals surface area contributed by atoms with Crippen molar-refractivity contribution in [2.75, 3.05) is 26.4 Å². The van der Waals surface area contributed by atoms with Crippen LogP contribution in [0.15, 0.2) is 60.8 Å². The molecule has 3 heterocycles. The maximum absolute atomic E-state index is 13.5. The number of aliphatic hydroxyl groups excluding tert-OH is 11. The van der Waals surface area contributed by atoms with Crippen LogP contribution in [-0.4, -0.2) is 193 Å². The van der Waals surface area contributed by atoms with E-state index in [2.05, 4.69) is 67.8 Å². The van der Waals surface area contributed by atoms with E-state index in [1.165, 1.54) is 250 Å². The van der Waals surface area contributed by atoms with Crippen LogP contribution in [0.5, 0.6) is 0 Å². The Morgan fingerprint density at radius 3 is 1.03 bits per heavy atom. The summed E-state index contributed by atoms with van der Waals surface area (Å²) in [5.41, 5.74) is 0. The molecule has 0 saturated carbocycles. The standard InChI is InChI=1S/C86H157NO18/c1-3-5-7-9-11-13-15-17-19-21-23-25-27-29-30-31-32-33-34-35-36-37-38-40-42-44-46-48-50-52-54-56-58-60-62-64-74(92)87-69(70(91)63-61-59-57-55-53-51-49-47-45-43-41-39-28-26-24-22-20-18-16-14-12-10-8-6-4-2)68-100-84-80(98)77(95)82(72(66-89)102-84)105-86-81(99)78(96)83(73(67-90)103-86)104-85-79(97)76(94)75(93)71(65-88)101-85/h5,7,11,13,17,19,23,25,61,63,69-73,75-86,88-91,93-99H,3-4,6,8-10,12,14-16,18,20-22,24,26-60,62,64-68H2,1-2H3,(H,87,92)/b7-5-,13-11-,19-17-,25-23-,63-61+. The van der Waals surface area contributed by atoms with Gasteiger partial charge in [0.15, 0.2) is 18.9 Å². The van der Waals surface area contributed by atoms with Gasteiger partial charge in [-0.1, -0.05) is 344 Å². The summed E-state index contributed by atoms with van der Waals surface area (Å²) in [5, 5.41) is 121. The Bertz CT molecular complexity index is 2130. The fourth-order valence-corrected chi connectivity index (χ4v) is 14.5. The number of carbonyl (C=O) groups excluding carboxylic acids is 1. The summed E-state index contributed by atoms with van der Waals surface area (Å²) in [6.45, 7) is 1.68. The predicted molar refractivity (Wildman–Crippen MR) is 420 cm³/mol. The second kappa shape index (κ2) is 66.1. The molecule has 105 heavy (non-hydrogen) atoms. The quantitative estimate of drug-likeness (QED) is 0.0199. The van der Waals surface area contributed by atoms with Crippen molar-refractivity contribution in [1.82, 2.24) is 5.32 Å². The fraction of sp³-hybridized carbons (Fsp3) is 0.872. The van der Waals surface area contributed by atoms with Crippen LogP contribution in [0, 0.1) is 0 Å². The molecule has 0 aromatic carbocycles. The molecule has 614 valence electrons. The topological polar surface area (TPSA) is 307 Å². The van der Waals surface area contributed by atoms with Crippen LogP contribution in [0.2, 0.25) is 0 Å². The molecule has 0 bridgehead atoms. The number of carbonyl (C=O) groups is 1. The Morgan fingerprint density at radius 1 is 0.352 bits per heavy atom. The zero-order chi connectivity index (χ0) is 76.0. The van der Waals surface area contributed by atoms with Gasteiger partial charge in [0.25, 0.3) is 0 Å². The van der Waals surface area contributed by atoms with Crippen molar-refractivity contribution in [2.24, 2.45) is 0 Å². The first-order chi connectivity index (χ1) is 51.3. The lowest BCUT2D eigenvalue weighted by Gasteiger charge is -2.48. The van der Waals surface area contributed by atoms with Gasteiger partial charge < -0.3 is 89.9 Å². The second-order valence-corrected chi connectivity index (χ2v) is 30.6. The molecule has 3 saturated heterocycles. The first-order valence-electron chi connectivity index (χ1n) is 43.0. The van der Waals surface area contributed by atoms with Crippen molar-refractivity contribution >= 4 is 5.91 Å². The van der Waals surface area contributed by atoms with E-state index in [-0.39, 0.29) is 18.9 Å². The predicted octanol–water partition coefficient (Wildman–Crippen LogP) is 15.4. The van der Waals surface area contributed by atoms with Crippen LogP contribution in [0.25, 0.3) is 0 Å². The number of rotatable bonds is 69. The zero-order valence-electron chi connectivity index (χ0n) is 66.0. The monoisotopic (exact) mass is 1490 g/mol. The minimum atomic E-state index is -1.98. The highest BCUT2D eigenvalue weighted by Crippen LogP contribution is 2.33. The summed E-state index contributed by atoms with van der Waals surface area (Å²) in [7, 11) is 0. The lowest BCUT2D eigenvalue weighted by atomic mass is 9.96. The van der Waals surface area contributed by atoms with Crippen LogP contribution in [-0.2, 0) is 33.2 Å². The van der Waals surface area contributed by atoms with Crippen LogP contribution in [0.4, 0.5) is 0 Å². The summed E-state index contributed by atoms with van der Waals surface area (Å²) in [5.74, 6) is -0.269. The van der Waals surface area contributed by atoms with E-state index in [0.717, 1.165) is 70.6 Å². The lowest BCUT2D eigenvalue weighted by molar-refractivity contribution is -0.379. The Balaban J connectivity index is 1.33. The third-order valence-corrected chi connectivity index (χ3v) is 21.3. The van der Waals surface area contributed by atoms with Crippen molar-refractivity contribution in [3.8, 4) is 0 Å². The molecule has 0 radical (unpaired) electrons. The van der Waals surface area contributed by atoms with Crippen molar-refractivity contribution in [1.29, 1.82) is 0 Å². The number of aliphatic hydroxyl groups is 11. The largest absolute Gasteiger partial charge is 0.394 e. The van der Waals surface area contributed by atoms with E-state index in [1.54, 1.807) is 6.08 Å². The number of allylic oxidation sites excluding steroid dienone is 9. The summed E-state index contributed by atoms with van der Waals surface area (Å²) >= 11 is 0. The summed E-state index contributed by atoms with van der Waals surface area (Å²) in [6.07, 6.45) is 59.3. The fourth-order valence-electron chi connectivity index (χ4n) is 14.5. The maximum Gasteiger partial charge on any atom is 0.220 e. The molecule has 1 amide bonds. The molecule has 0 spiro atoms. The highest BCUT2D eigenvalue weighted by Gasteiger charge is 2.54. The van der Waals surface area contributed by atoms with E-state index < -0.39 is 124 Å². The highest BCUT2D eigenvalue weighted by molar-refractivity contribution is 5.76. The van der Waals surface area contributed by atoms with E-state index in [4.69, 9.17) is 28.4 Å². The number of hydrogen-bond donors (Lipinski definition) is 12. The molecular weight excluding hydrogens is 1330 g/mol. The smallest absolute Gasteiger partial charge is 0.220 e. The molecule has 3 rings (SSSR count). The third kappa shape index (κ3) is 45.6. The van der Waals surface area contributed by atoms with Gasteiger partial charge in [0.1, 0.15) is 73.2 Å². The number of amides is 1. The SMILES string of the molecule is CC/C=C\C/C=C\C/C=C\C/C=C\CCCCCCCCCCCCCCCCCCCCCCCCC(=O)NC(COC1OC(CO)C(OC2OC(CO)C(OC3OC(CO)C(O)C(O)C3O)C(O)C2O)C(O)C1O)C(O)/C=C/CCCCCCCCCCCCCCCCCCCCCCCCC. The van der Waals surface area contributed by atoms with Gasteiger partial charge in [-0.3, -0.25) is 4.79 Å². The summed E-state index contributed by atoms with van der Waals surface area (Å²) in [4.78, 5) is 13.5. The van der Waals surface area contributed by atoms with E-state index >= 15 is 0 Å². The Labute approximate surface area is 636 Å². The van der Waals surface area contributed by atoms with E-state index in [1.807, 2.05) is 6.08 Å². The molecule has 3 fully saturated rings. The molecule has 19 nitrogen and oxygen atoms in total. The van der Waals surface area contributed by atoms with Gasteiger partial charge >= 0.3 is 0 Å². The van der Waals surface area contributed by atoms with Crippen molar-refractivity contribution in [2.45, 2.75) is 452 Å². The molecule has 0 aliphatic carbocycles. The molecule has 0 aromatic heterocycles. The van der Waals surface area contributed by atoms with Crippen LogP contribution >= 0.6 is 0 Å². The normalized spacial score (nSPS) is 26.0. The molecule has 12 N–H and O–H groups in total. The number of hydrogen-bond acceptors (Lipinski definition) is 18. The molecule has 17 atom stereocenters. The van der Waals surface area contributed by atoms with Crippen LogP contribution < -0.4 is 5.32 Å². The molecule has 0 aromatic rings. The minimum absolute atomic E-state index is 0.246. The van der Waals surface area contributed by atoms with Gasteiger partial charge in [0.05, 0.1) is 38.6 Å². The third-order valence-electron chi connectivity index (χ3n) is 21.3. The van der Waals surface area contributed by atoms with Gasteiger partial charge in [-0.2, -0.15) is 0 Å². The van der Waals surface area contributed by atoms with Crippen molar-refractivity contribution < 1.29 is 89.4 Å². The van der Waals surface area contributed by atoms with E-state index in [9.17, 15) is 61.0 Å². The van der Waals surface area contributed by atoms with Crippen molar-refractivity contribution in [3.05, 3.63) is 60.8 Å². The second-order valence-electron chi connectivity index (χ2n) is 30.6. The number of ether oxygens (including phenoxy) is 6. The lowest BCUT2D eigenvalue weighted by Crippen LogP contribution is -2.66. The summed E-state index contributed by atoms with van der Waals surface area (Å²) in [6, 6.07) is -0.975. The van der Waals surface area contributed by atoms with Gasteiger partial charge in [-0.25, -0.2) is 0 Å². The van der Waals surface area contributed by atoms with Crippen molar-refractivity contribution in [3.63, 3.8) is 0 Å². The first kappa shape index (κ1) is 96.7. The van der Waals surface area contributed by atoms with Gasteiger partial charge in [-0.15, -0.1) is 0 Å². The average molecular weight is 1490 g/mol. The maximum atomic E-state index is 13.5. The molecule has 19 heteroatoms. The zero-order valence-corrected chi connectivity index (χ0v) is 66.0. The van der Waals surface area contributed by atoms with E-state index in [0.29, 0.717) is 6.42 Å². The Morgan fingerprint density at radius 2 is 0.657 bits per heavy atom. The van der Waals surface area contributed by atoms with Gasteiger partial charge in [0, 0.05) is 6.42 Å². The number of nitrogens with one attached hydrogen (secondary N) is 1. The molecule has 3 aliphatic heterocycles. The summed E-state index contributed by atoms with van der Waals surface area (Å²) < 4.78 is 34.5. The molecular formula is C86H157NO18. The Kier molecular flexibility index (Phi) is 60.9. The highest BCUT2D eigenvalue weighted by atomic mass is 16.8. The molecule has 17 unspecified atom stereocenters.